The van der Waals surface area contributed by atoms with E-state index in [-0.39, 0.29) is 0 Å². The van der Waals surface area contributed by atoms with E-state index < -0.39 is 0 Å². The van der Waals surface area contributed by atoms with Crippen molar-refractivity contribution < 1.29 is 0 Å². The lowest BCUT2D eigenvalue weighted by Crippen LogP contribution is -2.32. The van der Waals surface area contributed by atoms with Crippen molar-refractivity contribution in [3.8, 4) is 0 Å². The molecule has 1 saturated heterocycles. The first-order valence-corrected chi connectivity index (χ1v) is 7.89. The minimum atomic E-state index is 0.642. The van der Waals surface area contributed by atoms with Crippen LogP contribution in [-0.2, 0) is 6.54 Å². The van der Waals surface area contributed by atoms with Crippen LogP contribution in [0.3, 0.4) is 0 Å². The van der Waals surface area contributed by atoms with Crippen LogP contribution >= 0.6 is 0 Å². The van der Waals surface area contributed by atoms with Crippen LogP contribution in [0.15, 0.2) is 30.7 Å². The molecule has 1 N–H and O–H groups in total. The largest absolute Gasteiger partial charge is 0.373 e. The number of pyridine rings is 1. The monoisotopic (exact) mass is 297 g/mol. The van der Waals surface area contributed by atoms with Crippen molar-refractivity contribution in [3.05, 3.63) is 47.7 Å². The predicted molar refractivity (Wildman–Crippen MR) is 87.8 cm³/mol. The topological polar surface area (TPSA) is 53.9 Å². The van der Waals surface area contributed by atoms with Gasteiger partial charge in [0.25, 0.3) is 0 Å². The third kappa shape index (κ3) is 3.42. The summed E-state index contributed by atoms with van der Waals surface area (Å²) in [6, 6.07) is 4.23. The first-order valence-electron chi connectivity index (χ1n) is 7.89. The number of aryl methyl sites for hydroxylation is 1. The number of anilines is 1. The Morgan fingerprint density at radius 3 is 2.77 bits per heavy atom. The Labute approximate surface area is 131 Å². The molecule has 0 aromatic carbocycles. The van der Waals surface area contributed by atoms with Crippen molar-refractivity contribution in [3.63, 3.8) is 0 Å². The lowest BCUT2D eigenvalue weighted by molar-refractivity contribution is 0.204. The maximum Gasteiger partial charge on any atom is 0.133 e. The van der Waals surface area contributed by atoms with Gasteiger partial charge >= 0.3 is 0 Å². The smallest absolute Gasteiger partial charge is 0.133 e. The molecular formula is C17H23N5. The third-order valence-corrected chi connectivity index (χ3v) is 4.36. The SMILES string of the molecule is CNc1nc(C)ncc1CN1CCC(c2cccnc2)CC1. The molecule has 0 atom stereocenters. The highest BCUT2D eigenvalue weighted by atomic mass is 15.1. The molecule has 0 spiro atoms. The van der Waals surface area contributed by atoms with E-state index in [9.17, 15) is 0 Å². The molecule has 0 saturated carbocycles. The summed E-state index contributed by atoms with van der Waals surface area (Å²) in [5.74, 6) is 2.40. The summed E-state index contributed by atoms with van der Waals surface area (Å²) in [6.07, 6.45) is 8.17. The van der Waals surface area contributed by atoms with Gasteiger partial charge in [-0.05, 0) is 50.4 Å². The molecule has 1 aliphatic rings. The number of rotatable bonds is 4. The Morgan fingerprint density at radius 2 is 2.09 bits per heavy atom. The van der Waals surface area contributed by atoms with E-state index in [0.717, 1.165) is 31.3 Å². The first kappa shape index (κ1) is 14.9. The summed E-state index contributed by atoms with van der Waals surface area (Å²) < 4.78 is 0. The molecule has 0 aliphatic carbocycles. The van der Waals surface area contributed by atoms with Crippen LogP contribution in [0.1, 0.15) is 35.7 Å². The van der Waals surface area contributed by atoms with Gasteiger partial charge in [-0.1, -0.05) is 6.07 Å². The highest BCUT2D eigenvalue weighted by Crippen LogP contribution is 2.28. The van der Waals surface area contributed by atoms with Crippen molar-refractivity contribution in [2.75, 3.05) is 25.5 Å². The number of hydrogen-bond acceptors (Lipinski definition) is 5. The summed E-state index contributed by atoms with van der Waals surface area (Å²) in [5, 5.41) is 3.17. The minimum Gasteiger partial charge on any atom is -0.373 e. The molecule has 0 bridgehead atoms. The summed E-state index contributed by atoms with van der Waals surface area (Å²) in [5.41, 5.74) is 2.55. The number of aromatic nitrogens is 3. The second kappa shape index (κ2) is 6.83. The maximum absolute atomic E-state index is 4.46. The maximum atomic E-state index is 4.46. The van der Waals surface area contributed by atoms with Gasteiger partial charge in [-0.2, -0.15) is 0 Å². The van der Waals surface area contributed by atoms with E-state index in [2.05, 4.69) is 31.2 Å². The van der Waals surface area contributed by atoms with Crippen molar-refractivity contribution in [2.24, 2.45) is 0 Å². The van der Waals surface area contributed by atoms with E-state index in [4.69, 9.17) is 0 Å². The Hall–Kier alpha value is -2.01. The molecule has 5 nitrogen and oxygen atoms in total. The molecule has 3 heterocycles. The Morgan fingerprint density at radius 1 is 1.27 bits per heavy atom. The summed E-state index contributed by atoms with van der Waals surface area (Å²) in [7, 11) is 1.92. The molecule has 3 rings (SSSR count). The van der Waals surface area contributed by atoms with Crippen LogP contribution in [0.5, 0.6) is 0 Å². The van der Waals surface area contributed by atoms with E-state index in [0.29, 0.717) is 5.92 Å². The molecular weight excluding hydrogens is 274 g/mol. The second-order valence-electron chi connectivity index (χ2n) is 5.88. The number of piperidine rings is 1. The minimum absolute atomic E-state index is 0.642. The fraction of sp³-hybridized carbons (Fsp3) is 0.471. The molecule has 2 aromatic heterocycles. The molecule has 1 fully saturated rings. The van der Waals surface area contributed by atoms with Gasteiger partial charge in [-0.25, -0.2) is 9.97 Å². The fourth-order valence-corrected chi connectivity index (χ4v) is 3.11. The quantitative estimate of drug-likeness (QED) is 0.940. The van der Waals surface area contributed by atoms with E-state index in [1.807, 2.05) is 38.6 Å². The molecule has 0 unspecified atom stereocenters. The summed E-state index contributed by atoms with van der Waals surface area (Å²) in [6.45, 7) is 5.05. The van der Waals surface area contributed by atoms with Crippen molar-refractivity contribution in [1.29, 1.82) is 0 Å². The lowest BCUT2D eigenvalue weighted by atomic mass is 9.90. The van der Waals surface area contributed by atoms with Gasteiger partial charge in [0.1, 0.15) is 11.6 Å². The number of likely N-dealkylation sites (tertiary alicyclic amines) is 1. The van der Waals surface area contributed by atoms with Crippen LogP contribution in [-0.4, -0.2) is 40.0 Å². The molecule has 1 aliphatic heterocycles. The average molecular weight is 297 g/mol. The highest BCUT2D eigenvalue weighted by molar-refractivity contribution is 5.42. The number of nitrogens with zero attached hydrogens (tertiary/aromatic N) is 4. The third-order valence-electron chi connectivity index (χ3n) is 4.36. The zero-order valence-corrected chi connectivity index (χ0v) is 13.3. The fourth-order valence-electron chi connectivity index (χ4n) is 3.11. The van der Waals surface area contributed by atoms with Gasteiger partial charge in [-0.15, -0.1) is 0 Å². The van der Waals surface area contributed by atoms with Crippen LogP contribution < -0.4 is 5.32 Å². The first-order chi connectivity index (χ1) is 10.8. The molecule has 0 amide bonds. The van der Waals surface area contributed by atoms with E-state index in [1.54, 1.807) is 0 Å². The Kier molecular flexibility index (Phi) is 4.63. The molecule has 5 heteroatoms. The Balaban J connectivity index is 1.60. The number of nitrogens with one attached hydrogen (secondary N) is 1. The van der Waals surface area contributed by atoms with Crippen molar-refractivity contribution >= 4 is 5.82 Å². The van der Waals surface area contributed by atoms with Gasteiger partial charge in [0, 0.05) is 37.7 Å². The van der Waals surface area contributed by atoms with Crippen LogP contribution in [0.4, 0.5) is 5.82 Å². The van der Waals surface area contributed by atoms with Gasteiger partial charge < -0.3 is 5.32 Å². The van der Waals surface area contributed by atoms with Crippen molar-refractivity contribution in [1.82, 2.24) is 19.9 Å². The van der Waals surface area contributed by atoms with Gasteiger partial charge in [0.15, 0.2) is 0 Å². The van der Waals surface area contributed by atoms with Crippen LogP contribution in [0.2, 0.25) is 0 Å². The average Bonchev–Trinajstić information content (AvgIpc) is 2.58. The second-order valence-corrected chi connectivity index (χ2v) is 5.88. The Bertz CT molecular complexity index is 606. The lowest BCUT2D eigenvalue weighted by Gasteiger charge is -2.32. The predicted octanol–water partition coefficient (Wildman–Crippen LogP) is 2.60. The van der Waals surface area contributed by atoms with E-state index in [1.165, 1.54) is 24.0 Å². The van der Waals surface area contributed by atoms with Crippen LogP contribution in [0.25, 0.3) is 0 Å². The van der Waals surface area contributed by atoms with Gasteiger partial charge in [0.2, 0.25) is 0 Å². The van der Waals surface area contributed by atoms with E-state index >= 15 is 0 Å². The standard InChI is InChI=1S/C17H23N5/c1-13-20-11-16(17(18-2)21-13)12-22-8-5-14(6-9-22)15-4-3-7-19-10-15/h3-4,7,10-11,14H,5-6,8-9,12H2,1-2H3,(H,18,20,21). The summed E-state index contributed by atoms with van der Waals surface area (Å²) >= 11 is 0. The summed E-state index contributed by atoms with van der Waals surface area (Å²) in [4.78, 5) is 15.5. The highest BCUT2D eigenvalue weighted by Gasteiger charge is 2.21. The van der Waals surface area contributed by atoms with Crippen molar-refractivity contribution in [2.45, 2.75) is 32.2 Å². The van der Waals surface area contributed by atoms with Gasteiger partial charge in [0.05, 0.1) is 0 Å². The van der Waals surface area contributed by atoms with Gasteiger partial charge in [-0.3, -0.25) is 9.88 Å². The molecule has 2 aromatic rings. The van der Waals surface area contributed by atoms with Crippen LogP contribution in [0, 0.1) is 6.92 Å². The zero-order valence-electron chi connectivity index (χ0n) is 13.3. The molecule has 0 radical (unpaired) electrons. The molecule has 22 heavy (non-hydrogen) atoms. The number of hydrogen-bond donors (Lipinski definition) is 1. The zero-order chi connectivity index (χ0) is 15.4. The normalized spacial score (nSPS) is 16.6. The molecule has 116 valence electrons.